The van der Waals surface area contributed by atoms with Crippen LogP contribution in [0.25, 0.3) is 0 Å². The molecular weight excluding hydrogens is 536 g/mol. The van der Waals surface area contributed by atoms with Crippen molar-refractivity contribution in [3.63, 3.8) is 0 Å². The summed E-state index contributed by atoms with van der Waals surface area (Å²) in [6, 6.07) is 0. The lowest BCUT2D eigenvalue weighted by Crippen LogP contribution is -2.58. The monoisotopic (exact) mass is 586 g/mol. The molecule has 1 spiro atoms. The molecule has 4 aliphatic heterocycles. The molecule has 3 saturated heterocycles. The molecule has 2 bridgehead atoms. The summed E-state index contributed by atoms with van der Waals surface area (Å²) in [6.45, 7) is 12.3. The van der Waals surface area contributed by atoms with Crippen molar-refractivity contribution in [2.75, 3.05) is 6.61 Å². The summed E-state index contributed by atoms with van der Waals surface area (Å²) < 4.78 is 25.7. The van der Waals surface area contributed by atoms with Crippen LogP contribution in [0, 0.1) is 23.7 Å². The van der Waals surface area contributed by atoms with E-state index in [2.05, 4.69) is 20.8 Å². The molecule has 0 radical (unpaired) electrons. The van der Waals surface area contributed by atoms with Crippen molar-refractivity contribution < 1.29 is 39.1 Å². The normalized spacial score (nSPS) is 48.6. The summed E-state index contributed by atoms with van der Waals surface area (Å²) >= 11 is 0. The summed E-state index contributed by atoms with van der Waals surface area (Å²) in [5.74, 6) is -1.88. The molecule has 0 aromatic heterocycles. The first-order chi connectivity index (χ1) is 19.9. The average Bonchev–Trinajstić information content (AvgIpc) is 3.30. The van der Waals surface area contributed by atoms with Crippen molar-refractivity contribution >= 4 is 5.97 Å². The van der Waals surface area contributed by atoms with Crippen LogP contribution < -0.4 is 0 Å². The van der Waals surface area contributed by atoms with Gasteiger partial charge in [0.05, 0.1) is 24.9 Å². The fraction of sp³-hybridized carbons (Fsp3) is 0.735. The molecule has 1 aliphatic carbocycles. The second kappa shape index (κ2) is 12.3. The Morgan fingerprint density at radius 3 is 2.60 bits per heavy atom. The number of carbonyl (C=O) groups excluding carboxylic acids is 1. The van der Waals surface area contributed by atoms with Gasteiger partial charge < -0.3 is 34.3 Å². The lowest BCUT2D eigenvalue weighted by Gasteiger charge is -2.51. The molecular formula is C34H50O8. The predicted octanol–water partition coefficient (Wildman–Crippen LogP) is 4.53. The lowest BCUT2D eigenvalue weighted by molar-refractivity contribution is -0.340. The SMILES string of the molecule is CCC(C)[C@H]1O[C@]2(CC[C@@H]1C)C[C@@H]1C[C@@H](C/C=C(\C)[C@@H](O)[C@@H](C)/C=C/C=C3\CO[C@@H]4[C@H](O)C(C)=C[C@@H](C(=O)O1)[C@]34O)O2. The highest BCUT2D eigenvalue weighted by Gasteiger charge is 2.60. The van der Waals surface area contributed by atoms with Crippen molar-refractivity contribution in [2.45, 2.75) is 128 Å². The van der Waals surface area contributed by atoms with Gasteiger partial charge in [-0.1, -0.05) is 64.5 Å². The molecule has 0 aromatic rings. The highest BCUT2D eigenvalue weighted by atomic mass is 16.7. The smallest absolute Gasteiger partial charge is 0.316 e. The number of hydrogen-bond donors (Lipinski definition) is 3. The van der Waals surface area contributed by atoms with Crippen LogP contribution in [0.5, 0.6) is 0 Å². The summed E-state index contributed by atoms with van der Waals surface area (Å²) in [7, 11) is 0. The van der Waals surface area contributed by atoms with Crippen molar-refractivity contribution in [1.29, 1.82) is 0 Å². The van der Waals surface area contributed by atoms with Crippen LogP contribution in [-0.4, -0.2) is 75.9 Å². The Morgan fingerprint density at radius 2 is 1.86 bits per heavy atom. The fourth-order valence-corrected chi connectivity index (χ4v) is 7.55. The molecule has 4 heterocycles. The summed E-state index contributed by atoms with van der Waals surface area (Å²) in [6.07, 6.45) is 9.73. The third-order valence-corrected chi connectivity index (χ3v) is 10.5. The molecule has 3 N–H and O–H groups in total. The lowest BCUT2D eigenvalue weighted by atomic mass is 9.71. The Labute approximate surface area is 250 Å². The number of ether oxygens (including phenoxy) is 4. The molecule has 0 saturated carbocycles. The van der Waals surface area contributed by atoms with E-state index in [1.165, 1.54) is 0 Å². The molecule has 8 heteroatoms. The zero-order chi connectivity index (χ0) is 30.4. The summed E-state index contributed by atoms with van der Waals surface area (Å²) in [5, 5.41) is 34.0. The number of aliphatic hydroxyl groups is 3. The van der Waals surface area contributed by atoms with Gasteiger partial charge in [0.15, 0.2) is 5.79 Å². The van der Waals surface area contributed by atoms with Gasteiger partial charge in [-0.25, -0.2) is 0 Å². The third kappa shape index (κ3) is 5.83. The number of esters is 1. The Kier molecular flexibility index (Phi) is 9.25. The van der Waals surface area contributed by atoms with E-state index >= 15 is 0 Å². The van der Waals surface area contributed by atoms with Crippen LogP contribution in [0.2, 0.25) is 0 Å². The second-order valence-corrected chi connectivity index (χ2v) is 13.6. The largest absolute Gasteiger partial charge is 0.462 e. The average molecular weight is 587 g/mol. The highest BCUT2D eigenvalue weighted by molar-refractivity contribution is 5.78. The molecule has 1 unspecified atom stereocenters. The maximum Gasteiger partial charge on any atom is 0.316 e. The zero-order valence-electron chi connectivity index (χ0n) is 26.0. The molecule has 5 rings (SSSR count). The zero-order valence-corrected chi connectivity index (χ0v) is 26.0. The van der Waals surface area contributed by atoms with Crippen LogP contribution in [-0.2, 0) is 23.7 Å². The topological polar surface area (TPSA) is 115 Å². The predicted molar refractivity (Wildman–Crippen MR) is 158 cm³/mol. The van der Waals surface area contributed by atoms with Crippen LogP contribution >= 0.6 is 0 Å². The maximum atomic E-state index is 14.0. The van der Waals surface area contributed by atoms with E-state index in [0.29, 0.717) is 48.7 Å². The van der Waals surface area contributed by atoms with E-state index in [4.69, 9.17) is 18.9 Å². The van der Waals surface area contributed by atoms with Crippen molar-refractivity contribution in [2.24, 2.45) is 23.7 Å². The van der Waals surface area contributed by atoms with Gasteiger partial charge in [0.2, 0.25) is 0 Å². The van der Waals surface area contributed by atoms with Gasteiger partial charge in [-0.2, -0.15) is 0 Å². The first kappa shape index (κ1) is 31.6. The number of allylic oxidation sites excluding steroid dienone is 2. The molecule has 42 heavy (non-hydrogen) atoms. The molecule has 8 nitrogen and oxygen atoms in total. The Bertz CT molecular complexity index is 1140. The van der Waals surface area contributed by atoms with Gasteiger partial charge >= 0.3 is 5.97 Å². The van der Waals surface area contributed by atoms with Gasteiger partial charge in [-0.05, 0) is 55.2 Å². The summed E-state index contributed by atoms with van der Waals surface area (Å²) in [5.41, 5.74) is 0.156. The second-order valence-electron chi connectivity index (χ2n) is 13.6. The Hall–Kier alpha value is -1.81. The van der Waals surface area contributed by atoms with E-state index in [-0.39, 0.29) is 24.7 Å². The number of fused-ring (bicyclic) bond motifs is 2. The number of hydrogen-bond acceptors (Lipinski definition) is 8. The van der Waals surface area contributed by atoms with Crippen LogP contribution in [0.15, 0.2) is 47.1 Å². The number of rotatable bonds is 2. The van der Waals surface area contributed by atoms with Gasteiger partial charge in [0, 0.05) is 25.2 Å². The molecule has 3 fully saturated rings. The maximum absolute atomic E-state index is 14.0. The standard InChI is InChI=1S/C34H50O8/c1-7-19(2)30-22(5)13-14-33(42-30)17-26-16-25(41-33)12-11-21(4)28(35)20(3)9-8-10-24-18-39-31-29(36)23(6)15-27(32(37)40-26)34(24,31)38/h8-11,15,19-20,22,25-31,35-36,38H,7,12-14,16-18H2,1-6H3/b9-8+,21-11+,24-10+/t19?,20-,22-,25+,26-,27-,28-,29+,30+,31+,33+,34+/m0/s1. The van der Waals surface area contributed by atoms with Crippen LogP contribution in [0.4, 0.5) is 0 Å². The first-order valence-electron chi connectivity index (χ1n) is 15.9. The quantitative estimate of drug-likeness (QED) is 0.320. The van der Waals surface area contributed by atoms with Gasteiger partial charge in [0.25, 0.3) is 0 Å². The van der Waals surface area contributed by atoms with E-state index in [1.807, 2.05) is 26.0 Å². The van der Waals surface area contributed by atoms with Gasteiger partial charge in [-0.3, -0.25) is 4.79 Å². The van der Waals surface area contributed by atoms with Gasteiger partial charge in [-0.15, -0.1) is 0 Å². The molecule has 5 aliphatic rings. The highest BCUT2D eigenvalue weighted by Crippen LogP contribution is 2.47. The molecule has 234 valence electrons. The molecule has 12 atom stereocenters. The van der Waals surface area contributed by atoms with Crippen LogP contribution in [0.3, 0.4) is 0 Å². The fourth-order valence-electron chi connectivity index (χ4n) is 7.55. The Balaban J connectivity index is 1.53. The number of carbonyl (C=O) groups is 1. The first-order valence-corrected chi connectivity index (χ1v) is 15.9. The van der Waals surface area contributed by atoms with E-state index in [0.717, 1.165) is 18.4 Å². The minimum Gasteiger partial charge on any atom is -0.462 e. The van der Waals surface area contributed by atoms with Gasteiger partial charge in [0.1, 0.15) is 29.8 Å². The minimum absolute atomic E-state index is 0.0404. The van der Waals surface area contributed by atoms with Crippen molar-refractivity contribution in [3.8, 4) is 0 Å². The Morgan fingerprint density at radius 1 is 1.10 bits per heavy atom. The van der Waals surface area contributed by atoms with Crippen molar-refractivity contribution in [1.82, 2.24) is 0 Å². The van der Waals surface area contributed by atoms with E-state index in [9.17, 15) is 20.1 Å². The summed E-state index contributed by atoms with van der Waals surface area (Å²) in [4.78, 5) is 14.0. The minimum atomic E-state index is -1.75. The molecule has 0 amide bonds. The number of aliphatic hydroxyl groups excluding tert-OH is 2. The van der Waals surface area contributed by atoms with E-state index in [1.54, 1.807) is 25.2 Å². The van der Waals surface area contributed by atoms with E-state index < -0.39 is 47.7 Å². The van der Waals surface area contributed by atoms with Crippen molar-refractivity contribution in [3.05, 3.63) is 47.1 Å². The molecule has 0 aromatic carbocycles. The third-order valence-electron chi connectivity index (χ3n) is 10.5. The van der Waals surface area contributed by atoms with Crippen LogP contribution in [0.1, 0.15) is 80.1 Å².